The van der Waals surface area contributed by atoms with E-state index in [0.717, 1.165) is 19.6 Å². The first-order valence-electron chi connectivity index (χ1n) is 7.64. The van der Waals surface area contributed by atoms with Gasteiger partial charge < -0.3 is 10.6 Å². The zero-order chi connectivity index (χ0) is 14.6. The van der Waals surface area contributed by atoms with E-state index in [1.807, 2.05) is 0 Å². The molecule has 2 fully saturated rings. The van der Waals surface area contributed by atoms with Crippen LogP contribution in [0.2, 0.25) is 0 Å². The largest absolute Gasteiger partial charge is 0.401 e. The fourth-order valence-electron chi connectivity index (χ4n) is 3.56. The maximum Gasteiger partial charge on any atom is 0.401 e. The molecule has 1 aliphatic heterocycles. The van der Waals surface area contributed by atoms with E-state index >= 15 is 0 Å². The normalized spacial score (nSPS) is 25.8. The fraction of sp³-hybridized carbons (Fsp3) is 1.00. The molecule has 2 N–H and O–H groups in total. The van der Waals surface area contributed by atoms with E-state index < -0.39 is 12.7 Å². The summed E-state index contributed by atoms with van der Waals surface area (Å²) in [6.45, 7) is 3.39. The maximum atomic E-state index is 12.4. The average Bonchev–Trinajstić information content (AvgIpc) is 2.40. The highest BCUT2D eigenvalue weighted by atomic mass is 19.4. The van der Waals surface area contributed by atoms with Crippen molar-refractivity contribution in [2.24, 2.45) is 11.1 Å². The number of hydrogen-bond acceptors (Lipinski definition) is 3. The van der Waals surface area contributed by atoms with Gasteiger partial charge in [-0.25, -0.2) is 0 Å². The van der Waals surface area contributed by atoms with Crippen molar-refractivity contribution in [1.82, 2.24) is 9.80 Å². The summed E-state index contributed by atoms with van der Waals surface area (Å²) in [4.78, 5) is 3.82. The summed E-state index contributed by atoms with van der Waals surface area (Å²) in [6, 6.07) is 0. The van der Waals surface area contributed by atoms with Crippen LogP contribution in [0.4, 0.5) is 13.2 Å². The number of halogens is 3. The molecule has 0 atom stereocenters. The molecule has 1 aliphatic carbocycles. The van der Waals surface area contributed by atoms with E-state index in [9.17, 15) is 13.2 Å². The average molecular weight is 293 g/mol. The molecule has 0 aromatic heterocycles. The summed E-state index contributed by atoms with van der Waals surface area (Å²) in [7, 11) is 0. The van der Waals surface area contributed by atoms with E-state index in [0.29, 0.717) is 19.6 Å². The van der Waals surface area contributed by atoms with Crippen molar-refractivity contribution in [2.45, 2.75) is 38.3 Å². The summed E-state index contributed by atoms with van der Waals surface area (Å²) in [5, 5.41) is 0. The third-order valence-corrected chi connectivity index (χ3v) is 4.77. The number of nitrogens with zero attached hydrogens (tertiary/aromatic N) is 2. The lowest BCUT2D eigenvalue weighted by Crippen LogP contribution is -2.53. The highest BCUT2D eigenvalue weighted by Gasteiger charge is 2.35. The van der Waals surface area contributed by atoms with Crippen LogP contribution >= 0.6 is 0 Å². The highest BCUT2D eigenvalue weighted by Crippen LogP contribution is 2.36. The predicted octanol–water partition coefficient (Wildman–Crippen LogP) is 2.08. The zero-order valence-corrected chi connectivity index (χ0v) is 12.1. The third kappa shape index (κ3) is 4.60. The van der Waals surface area contributed by atoms with Gasteiger partial charge in [0, 0.05) is 32.7 Å². The standard InChI is InChI=1S/C14H26F3N3/c15-14(16,17)12-20-8-6-19(7-9-20)11-13(10-18)4-2-1-3-5-13/h1-12,18H2. The van der Waals surface area contributed by atoms with Crippen molar-refractivity contribution in [3.05, 3.63) is 0 Å². The Hall–Kier alpha value is -0.330. The van der Waals surface area contributed by atoms with Crippen LogP contribution in [0.25, 0.3) is 0 Å². The fourth-order valence-corrected chi connectivity index (χ4v) is 3.56. The van der Waals surface area contributed by atoms with Gasteiger partial charge in [0.1, 0.15) is 0 Å². The summed E-state index contributed by atoms with van der Waals surface area (Å²) in [5.74, 6) is 0. The van der Waals surface area contributed by atoms with E-state index in [-0.39, 0.29) is 5.41 Å². The number of alkyl halides is 3. The predicted molar refractivity (Wildman–Crippen MR) is 73.5 cm³/mol. The second kappa shape index (κ2) is 6.62. The molecule has 2 rings (SSSR count). The molecule has 3 nitrogen and oxygen atoms in total. The van der Waals surface area contributed by atoms with Crippen LogP contribution in [0.5, 0.6) is 0 Å². The Labute approximate surface area is 119 Å². The van der Waals surface area contributed by atoms with Gasteiger partial charge in [0.2, 0.25) is 0 Å². The lowest BCUT2D eigenvalue weighted by atomic mass is 9.73. The topological polar surface area (TPSA) is 32.5 Å². The number of nitrogens with two attached hydrogens (primary N) is 1. The Kier molecular flexibility index (Phi) is 5.31. The van der Waals surface area contributed by atoms with Crippen LogP contribution in [0.3, 0.4) is 0 Å². The van der Waals surface area contributed by atoms with Crippen molar-refractivity contribution in [3.63, 3.8) is 0 Å². The minimum Gasteiger partial charge on any atom is -0.330 e. The SMILES string of the molecule is NCC1(CN2CCN(CC(F)(F)F)CC2)CCCCC1. The number of hydrogen-bond donors (Lipinski definition) is 1. The molecule has 0 unspecified atom stereocenters. The van der Waals surface area contributed by atoms with Gasteiger partial charge in [-0.2, -0.15) is 13.2 Å². The molecule has 0 aromatic rings. The van der Waals surface area contributed by atoms with E-state index in [1.165, 1.54) is 37.0 Å². The quantitative estimate of drug-likeness (QED) is 0.861. The number of piperazine rings is 1. The number of rotatable bonds is 4. The lowest BCUT2D eigenvalue weighted by molar-refractivity contribution is -0.149. The second-order valence-corrected chi connectivity index (χ2v) is 6.43. The van der Waals surface area contributed by atoms with E-state index in [4.69, 9.17) is 5.73 Å². The monoisotopic (exact) mass is 293 g/mol. The minimum absolute atomic E-state index is 0.213. The van der Waals surface area contributed by atoms with E-state index in [1.54, 1.807) is 0 Å². The summed E-state index contributed by atoms with van der Waals surface area (Å²) in [6.07, 6.45) is 2.04. The lowest BCUT2D eigenvalue weighted by Gasteiger charge is -2.43. The molecule has 0 radical (unpaired) electrons. The molecule has 6 heteroatoms. The van der Waals surface area contributed by atoms with Gasteiger partial charge in [-0.1, -0.05) is 19.3 Å². The smallest absolute Gasteiger partial charge is 0.330 e. The van der Waals surface area contributed by atoms with Gasteiger partial charge >= 0.3 is 6.18 Å². The first-order chi connectivity index (χ1) is 9.42. The van der Waals surface area contributed by atoms with Gasteiger partial charge in [-0.3, -0.25) is 4.90 Å². The molecule has 20 heavy (non-hydrogen) atoms. The second-order valence-electron chi connectivity index (χ2n) is 6.43. The van der Waals surface area contributed by atoms with Crippen LogP contribution in [-0.2, 0) is 0 Å². The van der Waals surface area contributed by atoms with Crippen LogP contribution < -0.4 is 5.73 Å². The van der Waals surface area contributed by atoms with Gasteiger partial charge in [-0.15, -0.1) is 0 Å². The van der Waals surface area contributed by atoms with Crippen LogP contribution in [-0.4, -0.2) is 61.8 Å². The Morgan fingerprint density at radius 3 is 1.95 bits per heavy atom. The molecule has 118 valence electrons. The zero-order valence-electron chi connectivity index (χ0n) is 12.1. The molecule has 0 aromatic carbocycles. The van der Waals surface area contributed by atoms with E-state index in [2.05, 4.69) is 4.90 Å². The molecular formula is C14H26F3N3. The van der Waals surface area contributed by atoms with Gasteiger partial charge in [0.05, 0.1) is 6.54 Å². The summed E-state index contributed by atoms with van der Waals surface area (Å²) < 4.78 is 37.1. The van der Waals surface area contributed by atoms with Gasteiger partial charge in [-0.05, 0) is 24.8 Å². The van der Waals surface area contributed by atoms with Crippen LogP contribution in [0.1, 0.15) is 32.1 Å². The van der Waals surface area contributed by atoms with Crippen molar-refractivity contribution in [1.29, 1.82) is 0 Å². The van der Waals surface area contributed by atoms with Gasteiger partial charge in [0.15, 0.2) is 0 Å². The first kappa shape index (κ1) is 16.0. The Bertz CT molecular complexity index is 293. The first-order valence-corrected chi connectivity index (χ1v) is 7.64. The van der Waals surface area contributed by atoms with Crippen molar-refractivity contribution >= 4 is 0 Å². The molecule has 1 saturated carbocycles. The molecular weight excluding hydrogens is 267 g/mol. The Morgan fingerprint density at radius 2 is 1.45 bits per heavy atom. The summed E-state index contributed by atoms with van der Waals surface area (Å²) in [5.41, 5.74) is 6.19. The van der Waals surface area contributed by atoms with Crippen LogP contribution in [0, 0.1) is 5.41 Å². The molecule has 0 spiro atoms. The highest BCUT2D eigenvalue weighted by molar-refractivity contribution is 4.88. The Morgan fingerprint density at radius 1 is 0.900 bits per heavy atom. The van der Waals surface area contributed by atoms with Crippen molar-refractivity contribution in [2.75, 3.05) is 45.8 Å². The molecule has 1 heterocycles. The maximum absolute atomic E-state index is 12.4. The van der Waals surface area contributed by atoms with Crippen molar-refractivity contribution in [3.8, 4) is 0 Å². The molecule has 0 bridgehead atoms. The summed E-state index contributed by atoms with van der Waals surface area (Å²) >= 11 is 0. The van der Waals surface area contributed by atoms with Crippen LogP contribution in [0.15, 0.2) is 0 Å². The Balaban J connectivity index is 1.78. The molecule has 0 amide bonds. The molecule has 1 saturated heterocycles. The molecule has 2 aliphatic rings. The van der Waals surface area contributed by atoms with Crippen molar-refractivity contribution < 1.29 is 13.2 Å². The third-order valence-electron chi connectivity index (χ3n) is 4.77. The van der Waals surface area contributed by atoms with Gasteiger partial charge in [0.25, 0.3) is 0 Å². The minimum atomic E-state index is -4.08.